The van der Waals surface area contributed by atoms with E-state index in [1.807, 2.05) is 24.3 Å². The molecule has 0 aliphatic carbocycles. The van der Waals surface area contributed by atoms with Crippen LogP contribution in [0.4, 0.5) is 0 Å². The van der Waals surface area contributed by atoms with Crippen LogP contribution in [0.15, 0.2) is 24.3 Å². The van der Waals surface area contributed by atoms with Crippen LogP contribution in [-0.4, -0.2) is 75.2 Å². The Bertz CT molecular complexity index is 510. The zero-order chi connectivity index (χ0) is 16.7. The second kappa shape index (κ2) is 8.74. The molecule has 1 aliphatic rings. The number of methoxy groups -OCH3 is 1. The Kier molecular flexibility index (Phi) is 6.67. The summed E-state index contributed by atoms with van der Waals surface area (Å²) in [5, 5.41) is 2.91. The minimum atomic E-state index is 0.0515. The van der Waals surface area contributed by atoms with E-state index in [-0.39, 0.29) is 5.91 Å². The number of rotatable bonds is 7. The number of carbonyl (C=O) groups excluding carboxylic acids is 1. The quantitative estimate of drug-likeness (QED) is 0.754. The van der Waals surface area contributed by atoms with Gasteiger partial charge in [0.15, 0.2) is 0 Å². The van der Waals surface area contributed by atoms with Crippen LogP contribution in [0.5, 0.6) is 11.5 Å². The number of hydrogen-bond acceptors (Lipinski definition) is 5. The van der Waals surface area contributed by atoms with Crippen LogP contribution in [0.2, 0.25) is 0 Å². The monoisotopic (exact) mass is 321 g/mol. The summed E-state index contributed by atoms with van der Waals surface area (Å²) < 4.78 is 10.8. The molecular formula is C17H27N3O3. The Morgan fingerprint density at radius 1 is 1.35 bits per heavy atom. The van der Waals surface area contributed by atoms with Crippen molar-refractivity contribution < 1.29 is 14.3 Å². The number of piperazine rings is 1. The number of amides is 1. The van der Waals surface area contributed by atoms with Gasteiger partial charge in [-0.15, -0.1) is 0 Å². The van der Waals surface area contributed by atoms with Crippen molar-refractivity contribution in [3.05, 3.63) is 24.3 Å². The van der Waals surface area contributed by atoms with Gasteiger partial charge in [-0.3, -0.25) is 9.69 Å². The van der Waals surface area contributed by atoms with Gasteiger partial charge in [-0.25, -0.2) is 0 Å². The SMILES string of the molecule is COc1cccc(OCCNC(=O)CN2CCN(C)C[C@@H]2C)c1. The molecule has 6 nitrogen and oxygen atoms in total. The molecular weight excluding hydrogens is 294 g/mol. The van der Waals surface area contributed by atoms with Crippen LogP contribution >= 0.6 is 0 Å². The normalized spacial score (nSPS) is 19.3. The first-order valence-corrected chi connectivity index (χ1v) is 8.04. The number of carbonyl (C=O) groups is 1. The molecule has 0 bridgehead atoms. The molecule has 1 aromatic rings. The lowest BCUT2D eigenvalue weighted by Crippen LogP contribution is -2.53. The van der Waals surface area contributed by atoms with Crippen LogP contribution in [-0.2, 0) is 4.79 Å². The maximum Gasteiger partial charge on any atom is 0.234 e. The highest BCUT2D eigenvalue weighted by molar-refractivity contribution is 5.78. The molecule has 23 heavy (non-hydrogen) atoms. The summed E-state index contributed by atoms with van der Waals surface area (Å²) in [6, 6.07) is 7.85. The summed E-state index contributed by atoms with van der Waals surface area (Å²) in [5.41, 5.74) is 0. The zero-order valence-electron chi connectivity index (χ0n) is 14.2. The highest BCUT2D eigenvalue weighted by Crippen LogP contribution is 2.18. The van der Waals surface area contributed by atoms with Crippen molar-refractivity contribution in [1.29, 1.82) is 0 Å². The fourth-order valence-electron chi connectivity index (χ4n) is 2.70. The molecule has 1 N–H and O–H groups in total. The van der Waals surface area contributed by atoms with Crippen LogP contribution in [0.3, 0.4) is 0 Å². The average molecular weight is 321 g/mol. The van der Waals surface area contributed by atoms with E-state index >= 15 is 0 Å². The summed E-state index contributed by atoms with van der Waals surface area (Å²) in [7, 11) is 3.74. The number of hydrogen-bond donors (Lipinski definition) is 1. The van der Waals surface area contributed by atoms with Gasteiger partial charge < -0.3 is 19.7 Å². The first kappa shape index (κ1) is 17.6. The van der Waals surface area contributed by atoms with Gasteiger partial charge in [-0.1, -0.05) is 6.07 Å². The van der Waals surface area contributed by atoms with E-state index in [0.29, 0.717) is 25.7 Å². The minimum absolute atomic E-state index is 0.0515. The molecule has 6 heteroatoms. The molecule has 0 radical (unpaired) electrons. The van der Waals surface area contributed by atoms with E-state index in [2.05, 4.69) is 29.1 Å². The van der Waals surface area contributed by atoms with Gasteiger partial charge >= 0.3 is 0 Å². The van der Waals surface area contributed by atoms with Gasteiger partial charge in [-0.05, 0) is 26.1 Å². The topological polar surface area (TPSA) is 54.0 Å². The summed E-state index contributed by atoms with van der Waals surface area (Å²) >= 11 is 0. The van der Waals surface area contributed by atoms with Gasteiger partial charge in [0.2, 0.25) is 5.91 Å². The average Bonchev–Trinajstić information content (AvgIpc) is 2.54. The lowest BCUT2D eigenvalue weighted by molar-refractivity contribution is -0.123. The standard InChI is InChI=1S/C17H27N3O3/c1-14-12-19(2)8-9-20(14)13-17(21)18-7-10-23-16-6-4-5-15(11-16)22-3/h4-6,11,14H,7-10,12-13H2,1-3H3,(H,18,21)/t14-/m0/s1. The van der Waals surface area contributed by atoms with E-state index < -0.39 is 0 Å². The van der Waals surface area contributed by atoms with E-state index in [0.717, 1.165) is 31.1 Å². The van der Waals surface area contributed by atoms with Crippen molar-refractivity contribution in [2.75, 3.05) is 53.5 Å². The van der Waals surface area contributed by atoms with Crippen molar-refractivity contribution in [3.63, 3.8) is 0 Å². The smallest absolute Gasteiger partial charge is 0.234 e. The Balaban J connectivity index is 1.64. The Hall–Kier alpha value is -1.79. The molecule has 1 fully saturated rings. The van der Waals surface area contributed by atoms with Crippen molar-refractivity contribution in [2.45, 2.75) is 13.0 Å². The predicted octanol–water partition coefficient (Wildman–Crippen LogP) is 0.826. The molecule has 1 aromatic carbocycles. The van der Waals surface area contributed by atoms with Gasteiger partial charge in [0, 0.05) is 31.7 Å². The van der Waals surface area contributed by atoms with E-state index in [1.165, 1.54) is 0 Å². The van der Waals surface area contributed by atoms with E-state index in [4.69, 9.17) is 9.47 Å². The van der Waals surface area contributed by atoms with Crippen molar-refractivity contribution >= 4 is 5.91 Å². The third-order valence-corrected chi connectivity index (χ3v) is 4.05. The summed E-state index contributed by atoms with van der Waals surface area (Å²) in [6.07, 6.45) is 0. The molecule has 0 saturated carbocycles. The molecule has 0 unspecified atom stereocenters. The summed E-state index contributed by atoms with van der Waals surface area (Å²) in [4.78, 5) is 16.5. The van der Waals surface area contributed by atoms with Gasteiger partial charge in [0.05, 0.1) is 20.2 Å². The second-order valence-corrected chi connectivity index (χ2v) is 5.96. The molecule has 1 aliphatic heterocycles. The maximum atomic E-state index is 12.0. The van der Waals surface area contributed by atoms with Gasteiger partial charge in [0.25, 0.3) is 0 Å². The minimum Gasteiger partial charge on any atom is -0.497 e. The predicted molar refractivity (Wildman–Crippen MR) is 90.0 cm³/mol. The lowest BCUT2D eigenvalue weighted by Gasteiger charge is -2.37. The number of benzene rings is 1. The van der Waals surface area contributed by atoms with Crippen LogP contribution < -0.4 is 14.8 Å². The maximum absolute atomic E-state index is 12.0. The van der Waals surface area contributed by atoms with Crippen molar-refractivity contribution in [1.82, 2.24) is 15.1 Å². The van der Waals surface area contributed by atoms with Crippen molar-refractivity contribution in [3.8, 4) is 11.5 Å². The molecule has 2 rings (SSSR count). The molecule has 1 amide bonds. The number of likely N-dealkylation sites (N-methyl/N-ethyl adjacent to an activating group) is 1. The fourth-order valence-corrected chi connectivity index (χ4v) is 2.70. The fraction of sp³-hybridized carbons (Fsp3) is 0.588. The highest BCUT2D eigenvalue weighted by Gasteiger charge is 2.22. The molecule has 128 valence electrons. The van der Waals surface area contributed by atoms with Crippen LogP contribution in [0.25, 0.3) is 0 Å². The largest absolute Gasteiger partial charge is 0.497 e. The number of nitrogens with zero attached hydrogens (tertiary/aromatic N) is 2. The first-order valence-electron chi connectivity index (χ1n) is 8.04. The van der Waals surface area contributed by atoms with E-state index in [1.54, 1.807) is 7.11 Å². The molecule has 1 heterocycles. The number of nitrogens with one attached hydrogen (secondary N) is 1. The highest BCUT2D eigenvalue weighted by atomic mass is 16.5. The Morgan fingerprint density at radius 3 is 2.87 bits per heavy atom. The van der Waals surface area contributed by atoms with Crippen LogP contribution in [0, 0.1) is 0 Å². The molecule has 1 atom stereocenters. The third kappa shape index (κ3) is 5.73. The van der Waals surface area contributed by atoms with Crippen molar-refractivity contribution in [2.24, 2.45) is 0 Å². The first-order chi connectivity index (χ1) is 11.1. The Labute approximate surface area is 138 Å². The summed E-state index contributed by atoms with van der Waals surface area (Å²) in [6.45, 7) is 6.51. The van der Waals surface area contributed by atoms with Gasteiger partial charge in [0.1, 0.15) is 18.1 Å². The summed E-state index contributed by atoms with van der Waals surface area (Å²) in [5.74, 6) is 1.55. The lowest BCUT2D eigenvalue weighted by atomic mass is 10.2. The Morgan fingerprint density at radius 2 is 2.13 bits per heavy atom. The number of ether oxygens (including phenoxy) is 2. The zero-order valence-corrected chi connectivity index (χ0v) is 14.2. The molecule has 0 aromatic heterocycles. The molecule has 1 saturated heterocycles. The molecule has 0 spiro atoms. The second-order valence-electron chi connectivity index (χ2n) is 5.96. The third-order valence-electron chi connectivity index (χ3n) is 4.05. The van der Waals surface area contributed by atoms with Crippen LogP contribution in [0.1, 0.15) is 6.92 Å². The van der Waals surface area contributed by atoms with Gasteiger partial charge in [-0.2, -0.15) is 0 Å². The van der Waals surface area contributed by atoms with E-state index in [9.17, 15) is 4.79 Å².